The first-order chi connectivity index (χ1) is 19.9. The van der Waals surface area contributed by atoms with Crippen LogP contribution in [0, 0.1) is 0 Å². The molecule has 2 aliphatic heterocycles. The van der Waals surface area contributed by atoms with Crippen LogP contribution >= 0.6 is 0 Å². The highest BCUT2D eigenvalue weighted by Gasteiger charge is 2.33. The van der Waals surface area contributed by atoms with Gasteiger partial charge >= 0.3 is 0 Å². The number of hydrogen-bond donors (Lipinski definition) is 2. The van der Waals surface area contributed by atoms with E-state index >= 15 is 0 Å². The third kappa shape index (κ3) is 5.25. The lowest BCUT2D eigenvalue weighted by atomic mass is 10.0. The number of pyridine rings is 1. The van der Waals surface area contributed by atoms with Crippen LogP contribution in [-0.4, -0.2) is 54.9 Å². The van der Waals surface area contributed by atoms with Crippen LogP contribution in [-0.2, 0) is 16.3 Å². The van der Waals surface area contributed by atoms with Crippen LogP contribution in [0.3, 0.4) is 0 Å². The Morgan fingerprint density at radius 3 is 2.61 bits per heavy atom. The van der Waals surface area contributed by atoms with E-state index in [1.807, 2.05) is 49.1 Å². The number of benzene rings is 2. The SMILES string of the molecule is CCN(CC)c1cc2cnc(Nc3ccc(C4=CCNCC4)cc3)nc2n(C2Cc3ccccc3S(=O)(=O)C2)c1=O. The van der Waals surface area contributed by atoms with E-state index in [9.17, 15) is 13.2 Å². The number of nitrogens with one attached hydrogen (secondary N) is 2. The summed E-state index contributed by atoms with van der Waals surface area (Å²) in [6.07, 6.45) is 5.34. The van der Waals surface area contributed by atoms with Crippen LogP contribution in [0.2, 0.25) is 0 Å². The molecule has 0 amide bonds. The zero-order chi connectivity index (χ0) is 28.6. The second-order valence-corrected chi connectivity index (χ2v) is 12.5. The molecule has 212 valence electrons. The van der Waals surface area contributed by atoms with E-state index < -0.39 is 15.9 Å². The van der Waals surface area contributed by atoms with Gasteiger partial charge in [-0.15, -0.1) is 0 Å². The average molecular weight is 571 g/mol. The molecule has 1 unspecified atom stereocenters. The van der Waals surface area contributed by atoms with Gasteiger partial charge in [0.05, 0.1) is 16.7 Å². The molecule has 0 spiro atoms. The fourth-order valence-electron chi connectivity index (χ4n) is 5.87. The molecule has 0 radical (unpaired) electrons. The summed E-state index contributed by atoms with van der Waals surface area (Å²) in [5, 5.41) is 7.29. The van der Waals surface area contributed by atoms with Gasteiger partial charge in [0.1, 0.15) is 11.3 Å². The predicted octanol–water partition coefficient (Wildman–Crippen LogP) is 4.33. The highest BCUT2D eigenvalue weighted by atomic mass is 32.2. The van der Waals surface area contributed by atoms with Crippen LogP contribution in [0.4, 0.5) is 17.3 Å². The van der Waals surface area contributed by atoms with Gasteiger partial charge in [0.15, 0.2) is 9.84 Å². The third-order valence-electron chi connectivity index (χ3n) is 7.97. The monoisotopic (exact) mass is 570 g/mol. The molecule has 10 heteroatoms. The van der Waals surface area contributed by atoms with Gasteiger partial charge in [-0.2, -0.15) is 4.98 Å². The molecule has 2 aromatic carbocycles. The Morgan fingerprint density at radius 1 is 1.10 bits per heavy atom. The minimum atomic E-state index is -3.58. The van der Waals surface area contributed by atoms with Crippen LogP contribution in [0.25, 0.3) is 16.6 Å². The zero-order valence-electron chi connectivity index (χ0n) is 23.3. The van der Waals surface area contributed by atoms with Crippen LogP contribution in [0.5, 0.6) is 0 Å². The Balaban J connectivity index is 1.42. The maximum atomic E-state index is 14.1. The highest BCUT2D eigenvalue weighted by molar-refractivity contribution is 7.91. The van der Waals surface area contributed by atoms with E-state index in [1.165, 1.54) is 11.1 Å². The fraction of sp³-hybridized carbons (Fsp3) is 0.323. The lowest BCUT2D eigenvalue weighted by Crippen LogP contribution is -2.38. The molecule has 0 saturated carbocycles. The number of rotatable bonds is 7. The molecule has 0 aliphatic carbocycles. The van der Waals surface area contributed by atoms with E-state index in [0.717, 1.165) is 25.2 Å². The second kappa shape index (κ2) is 11.1. The van der Waals surface area contributed by atoms with Crippen molar-refractivity contribution < 1.29 is 8.42 Å². The van der Waals surface area contributed by atoms with E-state index in [2.05, 4.69) is 33.8 Å². The molecule has 4 aromatic rings. The molecule has 6 rings (SSSR count). The zero-order valence-corrected chi connectivity index (χ0v) is 24.1. The summed E-state index contributed by atoms with van der Waals surface area (Å²) in [5.41, 5.74) is 4.75. The van der Waals surface area contributed by atoms with Crippen molar-refractivity contribution in [2.75, 3.05) is 42.1 Å². The number of aromatic nitrogens is 3. The quantitative estimate of drug-likeness (QED) is 0.338. The molecule has 0 fully saturated rings. The summed E-state index contributed by atoms with van der Waals surface area (Å²) in [7, 11) is -3.58. The van der Waals surface area contributed by atoms with Crippen LogP contribution in [0.1, 0.15) is 37.4 Å². The molecule has 1 atom stereocenters. The van der Waals surface area contributed by atoms with Crippen LogP contribution in [0.15, 0.2) is 76.6 Å². The molecule has 4 heterocycles. The normalized spacial score (nSPS) is 18.0. The van der Waals surface area contributed by atoms with E-state index in [4.69, 9.17) is 4.98 Å². The van der Waals surface area contributed by atoms with Crippen molar-refractivity contribution in [2.45, 2.75) is 37.6 Å². The molecule has 2 N–H and O–H groups in total. The third-order valence-corrected chi connectivity index (χ3v) is 9.87. The minimum absolute atomic E-state index is 0.166. The van der Waals surface area contributed by atoms with Gasteiger partial charge in [0.25, 0.3) is 5.56 Å². The van der Waals surface area contributed by atoms with Crippen LogP contribution < -0.4 is 21.1 Å². The summed E-state index contributed by atoms with van der Waals surface area (Å²) < 4.78 is 28.2. The van der Waals surface area contributed by atoms with Crippen molar-refractivity contribution in [1.82, 2.24) is 19.9 Å². The topological polar surface area (TPSA) is 109 Å². The number of fused-ring (bicyclic) bond motifs is 2. The van der Waals surface area contributed by atoms with Crippen molar-refractivity contribution in [2.24, 2.45) is 0 Å². The Kier molecular flexibility index (Phi) is 7.35. The van der Waals surface area contributed by atoms with Crippen molar-refractivity contribution in [3.8, 4) is 0 Å². The Hall–Kier alpha value is -4.02. The average Bonchev–Trinajstić information content (AvgIpc) is 2.98. The van der Waals surface area contributed by atoms with Gasteiger partial charge in [-0.05, 0) is 74.2 Å². The molecule has 2 aromatic heterocycles. The lowest BCUT2D eigenvalue weighted by molar-refractivity contribution is 0.505. The number of hydrogen-bond acceptors (Lipinski definition) is 8. The molecule has 0 saturated heterocycles. The van der Waals surface area contributed by atoms with Crippen molar-refractivity contribution in [1.29, 1.82) is 0 Å². The summed E-state index contributed by atoms with van der Waals surface area (Å²) >= 11 is 0. The van der Waals surface area contributed by atoms with Gasteiger partial charge in [-0.25, -0.2) is 13.4 Å². The first kappa shape index (κ1) is 27.2. The Bertz CT molecular complexity index is 1790. The van der Waals surface area contributed by atoms with Crippen molar-refractivity contribution in [3.63, 3.8) is 0 Å². The second-order valence-electron chi connectivity index (χ2n) is 10.5. The molecule has 9 nitrogen and oxygen atoms in total. The summed E-state index contributed by atoms with van der Waals surface area (Å²) in [4.78, 5) is 25.7. The van der Waals surface area contributed by atoms with Crippen molar-refractivity contribution >= 4 is 43.8 Å². The molecular weight excluding hydrogens is 536 g/mol. The molecular formula is C31H34N6O3S. The Labute approximate surface area is 239 Å². The molecule has 41 heavy (non-hydrogen) atoms. The maximum Gasteiger partial charge on any atom is 0.276 e. The number of nitrogens with zero attached hydrogens (tertiary/aromatic N) is 4. The Morgan fingerprint density at radius 2 is 1.88 bits per heavy atom. The number of anilines is 3. The van der Waals surface area contributed by atoms with Gasteiger partial charge in [0, 0.05) is 36.9 Å². The first-order valence-electron chi connectivity index (χ1n) is 14.1. The fourth-order valence-corrected chi connectivity index (χ4v) is 7.66. The van der Waals surface area contributed by atoms with Gasteiger partial charge in [0.2, 0.25) is 5.95 Å². The van der Waals surface area contributed by atoms with Gasteiger partial charge in [-0.3, -0.25) is 9.36 Å². The predicted molar refractivity (Wildman–Crippen MR) is 164 cm³/mol. The van der Waals surface area contributed by atoms with Crippen molar-refractivity contribution in [3.05, 3.63) is 88.4 Å². The van der Waals surface area contributed by atoms with Gasteiger partial charge < -0.3 is 15.5 Å². The largest absolute Gasteiger partial charge is 0.368 e. The summed E-state index contributed by atoms with van der Waals surface area (Å²) in [5.74, 6) is 0.175. The summed E-state index contributed by atoms with van der Waals surface area (Å²) in [6, 6.07) is 16.4. The minimum Gasteiger partial charge on any atom is -0.368 e. The standard InChI is InChI=1S/C31H34N6O3S/c1-3-36(4-2)27-18-24-19-33-31(34-25-11-9-21(10-12-25)22-13-15-32-16-14-22)35-29(24)37(30(27)38)26-17-23-7-5-6-8-28(23)41(39,40)20-26/h5-13,18-19,26,32H,3-4,14-17,20H2,1-2H3,(H,33,34,35). The van der Waals surface area contributed by atoms with E-state index in [-0.39, 0.29) is 11.3 Å². The highest BCUT2D eigenvalue weighted by Crippen LogP contribution is 2.32. The number of sulfone groups is 1. The molecule has 0 bridgehead atoms. The smallest absolute Gasteiger partial charge is 0.276 e. The van der Waals surface area contributed by atoms with Gasteiger partial charge in [-0.1, -0.05) is 36.4 Å². The molecule has 2 aliphatic rings. The van der Waals surface area contributed by atoms with E-state index in [1.54, 1.807) is 22.9 Å². The maximum absolute atomic E-state index is 14.1. The first-order valence-corrected chi connectivity index (χ1v) is 15.8. The van der Waals surface area contributed by atoms with E-state index in [0.29, 0.717) is 52.6 Å². The lowest BCUT2D eigenvalue weighted by Gasteiger charge is -2.29. The summed E-state index contributed by atoms with van der Waals surface area (Å²) in [6.45, 7) is 7.14.